The molecule has 0 aliphatic carbocycles. The molecular formula is C14H12ClN3O3. The first kappa shape index (κ1) is 13.6. The summed E-state index contributed by atoms with van der Waals surface area (Å²) in [5, 5.41) is 15.0. The van der Waals surface area contributed by atoms with Crippen molar-refractivity contribution in [2.75, 3.05) is 0 Å². The quantitative estimate of drug-likeness (QED) is 0.776. The number of aromatic amines is 1. The Morgan fingerprint density at radius 3 is 3.00 bits per heavy atom. The zero-order chi connectivity index (χ0) is 15.0. The van der Waals surface area contributed by atoms with E-state index in [1.165, 1.54) is 0 Å². The van der Waals surface area contributed by atoms with Crippen molar-refractivity contribution < 1.29 is 9.63 Å². The second kappa shape index (κ2) is 5.21. The topological polar surface area (TPSA) is 92.0 Å². The summed E-state index contributed by atoms with van der Waals surface area (Å²) in [6, 6.07) is 4.82. The van der Waals surface area contributed by atoms with Gasteiger partial charge in [-0.25, -0.2) is 0 Å². The number of benzene rings is 1. The number of fused-ring (bicyclic) bond motifs is 1. The highest BCUT2D eigenvalue weighted by molar-refractivity contribution is 6.31. The van der Waals surface area contributed by atoms with E-state index in [-0.39, 0.29) is 17.2 Å². The van der Waals surface area contributed by atoms with Crippen molar-refractivity contribution in [1.29, 1.82) is 0 Å². The van der Waals surface area contributed by atoms with Crippen LogP contribution in [-0.4, -0.2) is 20.2 Å². The van der Waals surface area contributed by atoms with E-state index < -0.39 is 5.56 Å². The lowest BCUT2D eigenvalue weighted by molar-refractivity contribution is 0.417. The van der Waals surface area contributed by atoms with Crippen LogP contribution in [0.15, 0.2) is 27.5 Å². The molecule has 1 aromatic carbocycles. The highest BCUT2D eigenvalue weighted by Gasteiger charge is 2.19. The van der Waals surface area contributed by atoms with Gasteiger partial charge in [0, 0.05) is 16.8 Å². The van der Waals surface area contributed by atoms with E-state index in [1.54, 1.807) is 18.2 Å². The van der Waals surface area contributed by atoms with Gasteiger partial charge < -0.3 is 14.6 Å². The summed E-state index contributed by atoms with van der Waals surface area (Å²) in [7, 11) is 0. The third kappa shape index (κ3) is 2.38. The average molecular weight is 306 g/mol. The minimum atomic E-state index is -0.492. The third-order valence-corrected chi connectivity index (χ3v) is 3.34. The summed E-state index contributed by atoms with van der Waals surface area (Å²) in [5.41, 5.74) is -0.0485. The average Bonchev–Trinajstić information content (AvgIpc) is 2.89. The molecule has 0 amide bonds. The first-order chi connectivity index (χ1) is 10.1. The van der Waals surface area contributed by atoms with E-state index in [1.807, 2.05) is 6.92 Å². The van der Waals surface area contributed by atoms with Crippen molar-refractivity contribution in [3.05, 3.63) is 39.4 Å². The maximum atomic E-state index is 12.1. The maximum absolute atomic E-state index is 12.1. The molecule has 0 unspecified atom stereocenters. The molecule has 3 rings (SSSR count). The Morgan fingerprint density at radius 1 is 1.43 bits per heavy atom. The van der Waals surface area contributed by atoms with Crippen LogP contribution >= 0.6 is 11.6 Å². The Morgan fingerprint density at radius 2 is 2.24 bits per heavy atom. The standard InChI is InChI=1S/C14H12ClN3O3/c1-2-3-10-17-14(21-18-10)11-12(19)8-6-7(15)4-5-9(8)16-13(11)20/h4-6H,2-3H2,1H3,(H2,16,19,20). The molecule has 0 aliphatic rings. The van der Waals surface area contributed by atoms with Gasteiger partial charge in [-0.05, 0) is 24.6 Å². The van der Waals surface area contributed by atoms with Gasteiger partial charge in [-0.2, -0.15) is 4.98 Å². The van der Waals surface area contributed by atoms with Gasteiger partial charge in [0.1, 0.15) is 11.3 Å². The molecule has 0 saturated heterocycles. The molecule has 2 aromatic heterocycles. The molecule has 2 heterocycles. The van der Waals surface area contributed by atoms with E-state index in [9.17, 15) is 9.90 Å². The van der Waals surface area contributed by atoms with Crippen molar-refractivity contribution in [3.63, 3.8) is 0 Å². The predicted molar refractivity (Wildman–Crippen MR) is 78.5 cm³/mol. The highest BCUT2D eigenvalue weighted by atomic mass is 35.5. The Labute approximate surface area is 124 Å². The van der Waals surface area contributed by atoms with Crippen LogP contribution in [0.2, 0.25) is 5.02 Å². The van der Waals surface area contributed by atoms with E-state index in [4.69, 9.17) is 16.1 Å². The second-order valence-electron chi connectivity index (χ2n) is 4.63. The maximum Gasteiger partial charge on any atom is 0.267 e. The summed E-state index contributed by atoms with van der Waals surface area (Å²) in [5.74, 6) is 0.277. The lowest BCUT2D eigenvalue weighted by Crippen LogP contribution is -2.09. The minimum Gasteiger partial charge on any atom is -0.506 e. The molecule has 0 radical (unpaired) electrons. The number of nitrogens with zero attached hydrogens (tertiary/aromatic N) is 2. The number of aromatic hydroxyl groups is 1. The monoisotopic (exact) mass is 305 g/mol. The SMILES string of the molecule is CCCc1noc(-c2c(O)c3cc(Cl)ccc3[nH]c2=O)n1. The van der Waals surface area contributed by atoms with Crippen LogP contribution in [0.1, 0.15) is 19.2 Å². The number of hydrogen-bond donors (Lipinski definition) is 2. The summed E-state index contributed by atoms with van der Waals surface area (Å²) >= 11 is 5.92. The van der Waals surface area contributed by atoms with Crippen molar-refractivity contribution in [1.82, 2.24) is 15.1 Å². The largest absolute Gasteiger partial charge is 0.506 e. The van der Waals surface area contributed by atoms with Gasteiger partial charge in [0.15, 0.2) is 5.82 Å². The van der Waals surface area contributed by atoms with E-state index in [0.717, 1.165) is 6.42 Å². The number of pyridine rings is 1. The first-order valence-corrected chi connectivity index (χ1v) is 6.85. The van der Waals surface area contributed by atoms with Crippen molar-refractivity contribution in [2.45, 2.75) is 19.8 Å². The molecule has 21 heavy (non-hydrogen) atoms. The number of rotatable bonds is 3. The fourth-order valence-electron chi connectivity index (χ4n) is 2.13. The van der Waals surface area contributed by atoms with Crippen LogP contribution < -0.4 is 5.56 Å². The predicted octanol–water partition coefficient (Wildman–Crippen LogP) is 2.89. The smallest absolute Gasteiger partial charge is 0.267 e. The van der Waals surface area contributed by atoms with Crippen LogP contribution in [0, 0.1) is 0 Å². The fourth-order valence-corrected chi connectivity index (χ4v) is 2.30. The van der Waals surface area contributed by atoms with Gasteiger partial charge in [0.2, 0.25) is 0 Å². The summed E-state index contributed by atoms with van der Waals surface area (Å²) in [6.45, 7) is 1.98. The van der Waals surface area contributed by atoms with Gasteiger partial charge in [0.25, 0.3) is 11.4 Å². The van der Waals surface area contributed by atoms with Gasteiger partial charge >= 0.3 is 0 Å². The van der Waals surface area contributed by atoms with Crippen LogP contribution in [0.4, 0.5) is 0 Å². The normalized spacial score (nSPS) is 11.1. The molecule has 0 aliphatic heterocycles. The van der Waals surface area contributed by atoms with E-state index in [0.29, 0.717) is 28.2 Å². The van der Waals surface area contributed by atoms with Crippen LogP contribution in [0.5, 0.6) is 5.75 Å². The summed E-state index contributed by atoms with van der Waals surface area (Å²) in [4.78, 5) is 18.9. The van der Waals surface area contributed by atoms with Crippen LogP contribution in [0.3, 0.4) is 0 Å². The van der Waals surface area contributed by atoms with Crippen molar-refractivity contribution in [2.24, 2.45) is 0 Å². The van der Waals surface area contributed by atoms with Crippen LogP contribution in [0.25, 0.3) is 22.4 Å². The third-order valence-electron chi connectivity index (χ3n) is 3.10. The molecule has 0 spiro atoms. The molecule has 7 heteroatoms. The van der Waals surface area contributed by atoms with Gasteiger partial charge in [0.05, 0.1) is 5.52 Å². The zero-order valence-electron chi connectivity index (χ0n) is 11.2. The van der Waals surface area contributed by atoms with Crippen LogP contribution in [-0.2, 0) is 6.42 Å². The zero-order valence-corrected chi connectivity index (χ0v) is 11.9. The molecule has 2 N–H and O–H groups in total. The summed E-state index contributed by atoms with van der Waals surface area (Å²) < 4.78 is 5.07. The Kier molecular flexibility index (Phi) is 3.39. The van der Waals surface area contributed by atoms with Gasteiger partial charge in [-0.1, -0.05) is 23.7 Å². The Balaban J connectivity index is 2.23. The van der Waals surface area contributed by atoms with Gasteiger partial charge in [-0.3, -0.25) is 4.79 Å². The molecule has 6 nitrogen and oxygen atoms in total. The molecule has 108 valence electrons. The molecule has 0 atom stereocenters. The number of aryl methyl sites for hydroxylation is 1. The molecule has 0 fully saturated rings. The minimum absolute atomic E-state index is 0.000856. The highest BCUT2D eigenvalue weighted by Crippen LogP contribution is 2.32. The molecule has 3 aromatic rings. The number of nitrogens with one attached hydrogen (secondary N) is 1. The number of halogens is 1. The Bertz CT molecular complexity index is 870. The lowest BCUT2D eigenvalue weighted by atomic mass is 10.1. The molecular weight excluding hydrogens is 294 g/mol. The molecule has 0 saturated carbocycles. The van der Waals surface area contributed by atoms with Crippen molar-refractivity contribution in [3.8, 4) is 17.2 Å². The fraction of sp³-hybridized carbons (Fsp3) is 0.214. The summed E-state index contributed by atoms with van der Waals surface area (Å²) in [6.07, 6.45) is 1.50. The number of aromatic nitrogens is 3. The van der Waals surface area contributed by atoms with E-state index in [2.05, 4.69) is 15.1 Å². The number of hydrogen-bond acceptors (Lipinski definition) is 5. The first-order valence-electron chi connectivity index (χ1n) is 6.47. The number of H-pyrrole nitrogens is 1. The second-order valence-corrected chi connectivity index (χ2v) is 5.07. The lowest BCUT2D eigenvalue weighted by Gasteiger charge is -2.04. The van der Waals surface area contributed by atoms with E-state index >= 15 is 0 Å². The Hall–Kier alpha value is -2.34. The van der Waals surface area contributed by atoms with Gasteiger partial charge in [-0.15, -0.1) is 0 Å². The molecule has 0 bridgehead atoms. The van der Waals surface area contributed by atoms with Crippen molar-refractivity contribution >= 4 is 22.5 Å².